The van der Waals surface area contributed by atoms with Gasteiger partial charge in [-0.25, -0.2) is 0 Å². The number of hydrogen-bond donors (Lipinski definition) is 5. The molecule has 0 aromatic heterocycles. The van der Waals surface area contributed by atoms with Gasteiger partial charge in [0.05, 0.1) is 12.8 Å². The van der Waals surface area contributed by atoms with Crippen molar-refractivity contribution in [3.63, 3.8) is 0 Å². The number of benzene rings is 2. The van der Waals surface area contributed by atoms with Gasteiger partial charge in [0.15, 0.2) is 34.7 Å². The Kier molecular flexibility index (Phi) is 13.2. The number of hydrogen-bond acceptors (Lipinski definition) is 7. The van der Waals surface area contributed by atoms with Gasteiger partial charge < -0.3 is 36.1 Å². The van der Waals surface area contributed by atoms with E-state index in [0.29, 0.717) is 43.0 Å². The maximum absolute atomic E-state index is 12.9. The number of aromatic hydroxyl groups is 2. The lowest BCUT2D eigenvalue weighted by Crippen LogP contribution is -2.42. The Bertz CT molecular complexity index is 1250. The van der Waals surface area contributed by atoms with Crippen molar-refractivity contribution < 1.29 is 24.5 Å². The van der Waals surface area contributed by atoms with Crippen LogP contribution in [0.15, 0.2) is 47.5 Å². The number of aliphatic imine (C=N–C) groups is 1. The van der Waals surface area contributed by atoms with Crippen LogP contribution in [0.3, 0.4) is 0 Å². The maximum atomic E-state index is 12.9. The normalized spacial score (nSPS) is 15.5. The van der Waals surface area contributed by atoms with Crippen LogP contribution in [0.2, 0.25) is 0 Å². The molecule has 2 aromatic rings. The Morgan fingerprint density at radius 2 is 1.88 bits per heavy atom. The second kappa shape index (κ2) is 16.8. The molecule has 1 fully saturated rings. The van der Waals surface area contributed by atoms with Crippen LogP contribution in [0.25, 0.3) is 0 Å². The van der Waals surface area contributed by atoms with Crippen LogP contribution in [-0.4, -0.2) is 55.3 Å². The van der Waals surface area contributed by atoms with Crippen molar-refractivity contribution >= 4 is 17.4 Å². The molecule has 0 aliphatic heterocycles. The summed E-state index contributed by atoms with van der Waals surface area (Å²) in [6.07, 6.45) is 13.6. The van der Waals surface area contributed by atoms with Crippen molar-refractivity contribution in [1.82, 2.24) is 5.32 Å². The molecule has 6 N–H and O–H groups in total. The maximum Gasteiger partial charge on any atom is 0.192 e. The number of nitrogens with zero attached hydrogens (tertiary/aromatic N) is 1. The Morgan fingerprint density at radius 1 is 1.14 bits per heavy atom. The number of nitrogens with one attached hydrogen (secondary N) is 2. The number of nitrogens with two attached hydrogens (primary N) is 1. The number of guanidine groups is 1. The SMILES string of the molecule is CCCCC[C@H](C=CC(=O)CCc1ccc(O)c(OC)c1)Cc1cc(NC(N)=NC)c(O)c(OC2(CNC)CCCC2)c1. The molecule has 3 rings (SSSR count). The number of anilines is 1. The Labute approximate surface area is 256 Å². The summed E-state index contributed by atoms with van der Waals surface area (Å²) in [5.74, 6) is 1.30. The topological polar surface area (TPSA) is 138 Å². The predicted octanol–water partition coefficient (Wildman–Crippen LogP) is 5.87. The molecule has 1 aliphatic carbocycles. The van der Waals surface area contributed by atoms with E-state index in [9.17, 15) is 15.0 Å². The molecule has 1 aliphatic rings. The number of phenols is 2. The van der Waals surface area contributed by atoms with E-state index in [-0.39, 0.29) is 34.8 Å². The largest absolute Gasteiger partial charge is 0.504 e. The molecule has 0 saturated heterocycles. The number of aryl methyl sites for hydroxylation is 1. The van der Waals surface area contributed by atoms with Gasteiger partial charge in [0, 0.05) is 20.0 Å². The van der Waals surface area contributed by atoms with Crippen LogP contribution in [0.5, 0.6) is 23.0 Å². The number of unbranched alkanes of at least 4 members (excludes halogenated alkanes) is 2. The molecule has 0 radical (unpaired) electrons. The summed E-state index contributed by atoms with van der Waals surface area (Å²) in [7, 11) is 5.01. The molecule has 1 saturated carbocycles. The van der Waals surface area contributed by atoms with Crippen LogP contribution >= 0.6 is 0 Å². The van der Waals surface area contributed by atoms with Gasteiger partial charge in [-0.3, -0.25) is 9.79 Å². The molecular formula is C34H50N4O5. The van der Waals surface area contributed by atoms with Crippen molar-refractivity contribution in [2.45, 2.75) is 83.2 Å². The molecular weight excluding hydrogens is 544 g/mol. The Hall–Kier alpha value is -3.72. The van der Waals surface area contributed by atoms with E-state index in [2.05, 4.69) is 22.5 Å². The summed E-state index contributed by atoms with van der Waals surface area (Å²) in [5.41, 5.74) is 7.96. The number of rotatable bonds is 17. The van der Waals surface area contributed by atoms with Crippen molar-refractivity contribution in [3.05, 3.63) is 53.6 Å². The molecule has 0 spiro atoms. The van der Waals surface area contributed by atoms with Crippen molar-refractivity contribution in [3.8, 4) is 23.0 Å². The second-order valence-corrected chi connectivity index (χ2v) is 11.5. The predicted molar refractivity (Wildman–Crippen MR) is 173 cm³/mol. The van der Waals surface area contributed by atoms with Gasteiger partial charge in [-0.15, -0.1) is 0 Å². The van der Waals surface area contributed by atoms with E-state index in [1.165, 1.54) is 7.11 Å². The van der Waals surface area contributed by atoms with Gasteiger partial charge in [0.25, 0.3) is 0 Å². The number of likely N-dealkylation sites (N-methyl/N-ethyl adjacent to an activating group) is 1. The summed E-state index contributed by atoms with van der Waals surface area (Å²) in [6, 6.07) is 8.97. The number of carbonyl (C=O) groups excluding carboxylic acids is 1. The highest BCUT2D eigenvalue weighted by Gasteiger charge is 2.36. The number of phenolic OH excluding ortho intramolecular Hbond substituents is 2. The molecule has 1 atom stereocenters. The van der Waals surface area contributed by atoms with Gasteiger partial charge in [0.1, 0.15) is 5.60 Å². The molecule has 0 heterocycles. The third kappa shape index (κ3) is 10.2. The van der Waals surface area contributed by atoms with Crippen molar-refractivity contribution in [2.24, 2.45) is 16.6 Å². The van der Waals surface area contributed by atoms with Gasteiger partial charge in [-0.2, -0.15) is 0 Å². The lowest BCUT2D eigenvalue weighted by Gasteiger charge is -2.31. The first kappa shape index (κ1) is 33.8. The Morgan fingerprint density at radius 3 is 2.56 bits per heavy atom. The Balaban J connectivity index is 1.81. The number of allylic oxidation sites excluding steroid dienone is 2. The summed E-state index contributed by atoms with van der Waals surface area (Å²) >= 11 is 0. The van der Waals surface area contributed by atoms with Gasteiger partial charge in [-0.05, 0) is 99.4 Å². The first-order valence-electron chi connectivity index (χ1n) is 15.5. The molecule has 236 valence electrons. The minimum absolute atomic E-state index is 0.0110. The van der Waals surface area contributed by atoms with E-state index in [0.717, 1.165) is 62.5 Å². The number of ether oxygens (including phenoxy) is 2. The van der Waals surface area contributed by atoms with Crippen LogP contribution < -0.4 is 25.8 Å². The first-order chi connectivity index (χ1) is 20.7. The first-order valence-corrected chi connectivity index (χ1v) is 15.5. The molecule has 0 amide bonds. The minimum Gasteiger partial charge on any atom is -0.504 e. The van der Waals surface area contributed by atoms with Crippen molar-refractivity contribution in [2.75, 3.05) is 33.1 Å². The van der Waals surface area contributed by atoms with Crippen LogP contribution in [0.4, 0.5) is 5.69 Å². The number of carbonyl (C=O) groups is 1. The minimum atomic E-state index is -0.374. The molecule has 9 nitrogen and oxygen atoms in total. The van der Waals surface area contributed by atoms with E-state index >= 15 is 0 Å². The van der Waals surface area contributed by atoms with E-state index in [1.807, 2.05) is 25.3 Å². The fourth-order valence-corrected chi connectivity index (χ4v) is 5.74. The fourth-order valence-electron chi connectivity index (χ4n) is 5.74. The fraction of sp³-hybridized carbons (Fsp3) is 0.529. The molecule has 0 bridgehead atoms. The van der Waals surface area contributed by atoms with Gasteiger partial charge >= 0.3 is 0 Å². The van der Waals surface area contributed by atoms with E-state index in [1.54, 1.807) is 31.3 Å². The third-order valence-electron chi connectivity index (χ3n) is 8.11. The molecule has 43 heavy (non-hydrogen) atoms. The molecule has 0 unspecified atom stereocenters. The van der Waals surface area contributed by atoms with Gasteiger partial charge in [0.2, 0.25) is 0 Å². The zero-order chi connectivity index (χ0) is 31.2. The van der Waals surface area contributed by atoms with E-state index < -0.39 is 0 Å². The van der Waals surface area contributed by atoms with Crippen LogP contribution in [-0.2, 0) is 17.6 Å². The quantitative estimate of drug-likeness (QED) is 0.0504. The highest BCUT2D eigenvalue weighted by molar-refractivity contribution is 5.94. The summed E-state index contributed by atoms with van der Waals surface area (Å²) in [5, 5.41) is 27.3. The highest BCUT2D eigenvalue weighted by Crippen LogP contribution is 2.42. The summed E-state index contributed by atoms with van der Waals surface area (Å²) < 4.78 is 11.8. The van der Waals surface area contributed by atoms with Crippen LogP contribution in [0, 0.1) is 5.92 Å². The third-order valence-corrected chi connectivity index (χ3v) is 8.11. The lowest BCUT2D eigenvalue weighted by molar-refractivity contribution is -0.114. The monoisotopic (exact) mass is 594 g/mol. The smallest absolute Gasteiger partial charge is 0.192 e. The van der Waals surface area contributed by atoms with Crippen molar-refractivity contribution in [1.29, 1.82) is 0 Å². The molecule has 2 aromatic carbocycles. The zero-order valence-corrected chi connectivity index (χ0v) is 26.2. The van der Waals surface area contributed by atoms with E-state index in [4.69, 9.17) is 15.2 Å². The number of methoxy groups -OCH3 is 1. The average Bonchev–Trinajstić information content (AvgIpc) is 3.45. The van der Waals surface area contributed by atoms with Crippen LogP contribution in [0.1, 0.15) is 75.8 Å². The van der Waals surface area contributed by atoms with Gasteiger partial charge in [-0.1, -0.05) is 38.3 Å². The second-order valence-electron chi connectivity index (χ2n) is 11.5. The average molecular weight is 595 g/mol. The standard InChI is InChI=1S/C34H50N4O5/c1-5-6-7-10-24(11-14-27(39)15-12-25-13-16-29(40)30(21-25)42-4)19-26-20-28(38-33(35)37-3)32(41)31(22-26)43-34(23-36-2)17-8-9-18-34/h11,13-14,16,20-22,24,36,40-41H,5-10,12,15,17-19,23H2,1-4H3,(H3,35,37,38)/t24-/m1/s1. The number of ketones is 1. The highest BCUT2D eigenvalue weighted by atomic mass is 16.5. The lowest BCUT2D eigenvalue weighted by atomic mass is 9.92. The molecule has 9 heteroatoms. The zero-order valence-electron chi connectivity index (χ0n) is 26.2. The summed E-state index contributed by atoms with van der Waals surface area (Å²) in [6.45, 7) is 2.87. The summed E-state index contributed by atoms with van der Waals surface area (Å²) in [4.78, 5) is 16.9.